The van der Waals surface area contributed by atoms with Crippen molar-refractivity contribution in [2.24, 2.45) is 7.05 Å². The zero-order chi connectivity index (χ0) is 38.1. The number of aryl methyl sites for hydroxylation is 1. The molecule has 0 radical (unpaired) electrons. The van der Waals surface area contributed by atoms with Crippen LogP contribution in [0.2, 0.25) is 0 Å². The molecular formula is C38H43F3N8O5. The van der Waals surface area contributed by atoms with Gasteiger partial charge in [-0.15, -0.1) is 13.2 Å². The number of aromatic nitrogens is 3. The highest BCUT2D eigenvalue weighted by molar-refractivity contribution is 6.01. The SMILES string of the molecule is CN(C(=O)N1CCC(c2ccc(NC3CCC(=O)NC3=O)cc2)CC1)C1CCN(Cc2ccc(-c3cn(C)c(=O)c4[nH]ncc34)cc2OC(F)(F)F)CC1. The van der Waals surface area contributed by atoms with Crippen molar-refractivity contribution < 1.29 is 32.3 Å². The number of rotatable bonds is 8. The number of carbonyl (C=O) groups is 3. The van der Waals surface area contributed by atoms with E-state index in [9.17, 15) is 32.3 Å². The maximum absolute atomic E-state index is 13.6. The molecular weight excluding hydrogens is 705 g/mol. The van der Waals surface area contributed by atoms with Crippen LogP contribution in [0.3, 0.4) is 0 Å². The summed E-state index contributed by atoms with van der Waals surface area (Å²) < 4.78 is 46.6. The van der Waals surface area contributed by atoms with Crippen molar-refractivity contribution in [2.45, 2.75) is 69.4 Å². The summed E-state index contributed by atoms with van der Waals surface area (Å²) in [7, 11) is 3.40. The molecule has 4 aromatic rings. The van der Waals surface area contributed by atoms with Gasteiger partial charge in [0, 0.05) is 87.7 Å². The number of hydrogen-bond acceptors (Lipinski definition) is 8. The summed E-state index contributed by atoms with van der Waals surface area (Å²) in [5.41, 5.74) is 3.35. The molecule has 5 heterocycles. The number of carbonyl (C=O) groups excluding carboxylic acids is 3. The number of imide groups is 1. The molecule has 1 atom stereocenters. The number of halogens is 3. The van der Waals surface area contributed by atoms with Crippen LogP contribution in [-0.4, -0.2) is 99.0 Å². The molecule has 286 valence electrons. The molecule has 2 aromatic carbocycles. The van der Waals surface area contributed by atoms with Crippen molar-refractivity contribution in [1.82, 2.24) is 34.8 Å². The van der Waals surface area contributed by atoms with E-state index in [-0.39, 0.29) is 47.3 Å². The molecule has 0 saturated carbocycles. The van der Waals surface area contributed by atoms with Crippen LogP contribution in [0.25, 0.3) is 22.0 Å². The lowest BCUT2D eigenvalue weighted by Crippen LogP contribution is -2.51. The summed E-state index contributed by atoms with van der Waals surface area (Å²) in [5, 5.41) is 12.7. The molecule has 3 aliphatic heterocycles. The Morgan fingerprint density at radius 2 is 1.72 bits per heavy atom. The third-order valence-corrected chi connectivity index (χ3v) is 10.9. The molecule has 7 rings (SSSR count). The molecule has 0 aliphatic carbocycles. The monoisotopic (exact) mass is 748 g/mol. The lowest BCUT2D eigenvalue weighted by atomic mass is 9.89. The van der Waals surface area contributed by atoms with E-state index in [0.717, 1.165) is 18.5 Å². The fourth-order valence-corrected chi connectivity index (χ4v) is 7.83. The highest BCUT2D eigenvalue weighted by atomic mass is 19.4. The van der Waals surface area contributed by atoms with Crippen LogP contribution in [0.4, 0.5) is 23.7 Å². The van der Waals surface area contributed by atoms with Crippen LogP contribution in [0.1, 0.15) is 55.6 Å². The van der Waals surface area contributed by atoms with E-state index in [1.165, 1.54) is 22.4 Å². The minimum absolute atomic E-state index is 0.00579. The van der Waals surface area contributed by atoms with Crippen LogP contribution in [0.5, 0.6) is 5.75 Å². The van der Waals surface area contributed by atoms with E-state index in [2.05, 4.69) is 42.6 Å². The van der Waals surface area contributed by atoms with Gasteiger partial charge in [-0.2, -0.15) is 5.10 Å². The van der Waals surface area contributed by atoms with Gasteiger partial charge < -0.3 is 24.4 Å². The van der Waals surface area contributed by atoms with Gasteiger partial charge >= 0.3 is 12.4 Å². The first-order valence-electron chi connectivity index (χ1n) is 18.2. The van der Waals surface area contributed by atoms with E-state index < -0.39 is 12.4 Å². The van der Waals surface area contributed by atoms with Gasteiger partial charge in [-0.25, -0.2) is 4.79 Å². The highest BCUT2D eigenvalue weighted by Gasteiger charge is 2.34. The lowest BCUT2D eigenvalue weighted by Gasteiger charge is -2.40. The van der Waals surface area contributed by atoms with Crippen LogP contribution >= 0.6 is 0 Å². The minimum atomic E-state index is -4.89. The zero-order valence-corrected chi connectivity index (χ0v) is 30.1. The average molecular weight is 749 g/mol. The van der Waals surface area contributed by atoms with Gasteiger partial charge in [0.1, 0.15) is 17.3 Å². The number of benzene rings is 2. The number of amides is 4. The van der Waals surface area contributed by atoms with Crippen molar-refractivity contribution >= 4 is 34.4 Å². The largest absolute Gasteiger partial charge is 0.573 e. The average Bonchev–Trinajstić information content (AvgIpc) is 3.65. The molecule has 3 aliphatic rings. The first kappa shape index (κ1) is 37.0. The molecule has 54 heavy (non-hydrogen) atoms. The fourth-order valence-electron chi connectivity index (χ4n) is 7.83. The van der Waals surface area contributed by atoms with Crippen LogP contribution in [-0.2, 0) is 23.2 Å². The number of aromatic amines is 1. The number of anilines is 1. The Hall–Kier alpha value is -5.38. The molecule has 3 fully saturated rings. The van der Waals surface area contributed by atoms with Crippen molar-refractivity contribution in [2.75, 3.05) is 38.5 Å². The number of nitrogens with one attached hydrogen (secondary N) is 3. The third kappa shape index (κ3) is 8.07. The predicted molar refractivity (Wildman–Crippen MR) is 195 cm³/mol. The van der Waals surface area contributed by atoms with Gasteiger partial charge in [0.15, 0.2) is 0 Å². The van der Waals surface area contributed by atoms with Crippen LogP contribution in [0, 0.1) is 0 Å². The van der Waals surface area contributed by atoms with Gasteiger partial charge in [-0.3, -0.25) is 29.7 Å². The molecule has 3 saturated heterocycles. The second kappa shape index (κ2) is 15.2. The van der Waals surface area contributed by atoms with Crippen LogP contribution in [0.15, 0.2) is 59.7 Å². The van der Waals surface area contributed by atoms with E-state index in [0.29, 0.717) is 79.9 Å². The van der Waals surface area contributed by atoms with Gasteiger partial charge in [0.05, 0.1) is 6.20 Å². The zero-order valence-electron chi connectivity index (χ0n) is 30.1. The number of hydrogen-bond donors (Lipinski definition) is 3. The molecule has 0 spiro atoms. The number of fused-ring (bicyclic) bond motifs is 1. The Morgan fingerprint density at radius 1 is 1.00 bits per heavy atom. The highest BCUT2D eigenvalue weighted by Crippen LogP contribution is 2.35. The maximum Gasteiger partial charge on any atom is 0.573 e. The first-order chi connectivity index (χ1) is 25.8. The normalized spacial score (nSPS) is 19.2. The fraction of sp³-hybridized carbons (Fsp3) is 0.447. The van der Waals surface area contributed by atoms with Crippen LogP contribution < -0.4 is 20.9 Å². The van der Waals surface area contributed by atoms with E-state index in [1.54, 1.807) is 25.4 Å². The molecule has 3 N–H and O–H groups in total. The second-order valence-corrected chi connectivity index (χ2v) is 14.4. The molecule has 13 nitrogen and oxygen atoms in total. The minimum Gasteiger partial charge on any atom is -0.405 e. The van der Waals surface area contributed by atoms with Gasteiger partial charge in [-0.1, -0.05) is 24.3 Å². The van der Waals surface area contributed by atoms with Gasteiger partial charge in [-0.05, 0) is 67.3 Å². The first-order valence-corrected chi connectivity index (χ1v) is 18.2. The number of alkyl halides is 3. The van der Waals surface area contributed by atoms with Crippen molar-refractivity contribution in [3.8, 4) is 16.9 Å². The summed E-state index contributed by atoms with van der Waals surface area (Å²) in [4.78, 5) is 55.3. The number of H-pyrrole nitrogens is 1. The summed E-state index contributed by atoms with van der Waals surface area (Å²) >= 11 is 0. The Morgan fingerprint density at radius 3 is 2.41 bits per heavy atom. The van der Waals surface area contributed by atoms with Gasteiger partial charge in [0.2, 0.25) is 11.8 Å². The Bertz CT molecular complexity index is 2080. The summed E-state index contributed by atoms with van der Waals surface area (Å²) in [6.45, 7) is 2.70. The van der Waals surface area contributed by atoms with E-state index >= 15 is 0 Å². The topological polar surface area (TPSA) is 145 Å². The van der Waals surface area contributed by atoms with E-state index in [1.807, 2.05) is 29.0 Å². The van der Waals surface area contributed by atoms with E-state index in [4.69, 9.17) is 0 Å². The number of ether oxygens (including phenoxy) is 1. The molecule has 2 aromatic heterocycles. The lowest BCUT2D eigenvalue weighted by molar-refractivity contribution is -0.275. The number of urea groups is 1. The Labute approximate surface area is 309 Å². The summed E-state index contributed by atoms with van der Waals surface area (Å²) in [6, 6.07) is 12.3. The maximum atomic E-state index is 13.6. The van der Waals surface area contributed by atoms with Crippen molar-refractivity contribution in [3.05, 3.63) is 76.3 Å². The van der Waals surface area contributed by atoms with Crippen molar-refractivity contribution in [1.29, 1.82) is 0 Å². The standard InChI is InChI=1S/C38H43F3N8O5/c1-46-22-30(29-20-42-45-34(29)36(46)52)25-3-4-26(32(19-25)54-38(39,40)41)21-48-15-13-28(14-16-48)47(2)37(53)49-17-11-24(12-18-49)23-5-7-27(8-6-23)43-31-9-10-33(50)44-35(31)51/h3-8,19-20,22,24,28,31,43H,9-18,21H2,1-2H3,(H,42,45)(H,44,50,51). The summed E-state index contributed by atoms with van der Waals surface area (Å²) in [5.74, 6) is -0.554. The Kier molecular flexibility index (Phi) is 10.4. The van der Waals surface area contributed by atoms with Crippen molar-refractivity contribution in [3.63, 3.8) is 0 Å². The number of nitrogens with zero attached hydrogens (tertiary/aromatic N) is 5. The number of likely N-dealkylation sites (tertiary alicyclic amines) is 2. The number of piperidine rings is 3. The summed E-state index contributed by atoms with van der Waals surface area (Å²) in [6.07, 6.45) is 1.95. The number of pyridine rings is 1. The smallest absolute Gasteiger partial charge is 0.405 e. The molecule has 0 bridgehead atoms. The second-order valence-electron chi connectivity index (χ2n) is 14.4. The predicted octanol–water partition coefficient (Wildman–Crippen LogP) is 4.94. The molecule has 16 heteroatoms. The quantitative estimate of drug-likeness (QED) is 0.215. The molecule has 1 unspecified atom stereocenters. The third-order valence-electron chi connectivity index (χ3n) is 10.9. The van der Waals surface area contributed by atoms with Gasteiger partial charge in [0.25, 0.3) is 5.56 Å². The Balaban J connectivity index is 0.920. The molecule has 4 amide bonds.